The number of aliphatic hydroxyl groups is 2. The Morgan fingerprint density at radius 3 is 2.64 bits per heavy atom. The molecule has 1 rings (SSSR count). The van der Waals surface area contributed by atoms with E-state index in [-0.39, 0.29) is 6.61 Å². The molecule has 78 valence electrons. The van der Waals surface area contributed by atoms with Crippen LogP contribution in [0.4, 0.5) is 0 Å². The third-order valence-electron chi connectivity index (χ3n) is 2.07. The van der Waals surface area contributed by atoms with Crippen molar-refractivity contribution in [3.05, 3.63) is 29.8 Å². The van der Waals surface area contributed by atoms with Gasteiger partial charge in [0, 0.05) is 5.56 Å². The summed E-state index contributed by atoms with van der Waals surface area (Å²) in [5.74, 6) is 0.573. The summed E-state index contributed by atoms with van der Waals surface area (Å²) < 4.78 is 5.06. The van der Waals surface area contributed by atoms with Gasteiger partial charge in [0.1, 0.15) is 5.75 Å². The van der Waals surface area contributed by atoms with E-state index in [0.717, 1.165) is 0 Å². The summed E-state index contributed by atoms with van der Waals surface area (Å²) in [6.45, 7) is -0.265. The quantitative estimate of drug-likeness (QED) is 0.637. The number of benzene rings is 1. The van der Waals surface area contributed by atoms with Crippen LogP contribution in [0.5, 0.6) is 5.75 Å². The highest BCUT2D eigenvalue weighted by atomic mass is 16.5. The molecule has 14 heavy (non-hydrogen) atoms. The van der Waals surface area contributed by atoms with Crippen LogP contribution < -0.4 is 10.5 Å². The molecule has 0 saturated heterocycles. The maximum atomic E-state index is 9.74. The van der Waals surface area contributed by atoms with Crippen molar-refractivity contribution >= 4 is 0 Å². The first-order valence-electron chi connectivity index (χ1n) is 4.38. The summed E-state index contributed by atoms with van der Waals surface area (Å²) in [5.41, 5.74) is 6.11. The minimum atomic E-state index is -0.906. The second-order valence-corrected chi connectivity index (χ2v) is 3.03. The molecule has 0 spiro atoms. The van der Waals surface area contributed by atoms with Crippen molar-refractivity contribution < 1.29 is 14.9 Å². The van der Waals surface area contributed by atoms with E-state index < -0.39 is 12.1 Å². The number of hydrogen-bond acceptors (Lipinski definition) is 4. The number of methoxy groups -OCH3 is 1. The molecule has 2 atom stereocenters. The van der Waals surface area contributed by atoms with Gasteiger partial charge >= 0.3 is 0 Å². The Hall–Kier alpha value is -1.10. The molecule has 0 radical (unpaired) electrons. The first-order valence-corrected chi connectivity index (χ1v) is 4.38. The molecule has 2 unspecified atom stereocenters. The first kappa shape index (κ1) is 11.0. The van der Waals surface area contributed by atoms with Gasteiger partial charge in [0.2, 0.25) is 0 Å². The van der Waals surface area contributed by atoms with Crippen LogP contribution in [0, 0.1) is 0 Å². The highest BCUT2D eigenvalue weighted by molar-refractivity contribution is 5.35. The molecule has 1 aromatic rings. The molecule has 0 heterocycles. The van der Waals surface area contributed by atoms with E-state index in [1.165, 1.54) is 7.11 Å². The predicted octanol–water partition coefficient (Wildman–Crippen LogP) is 0.0482. The SMILES string of the molecule is COc1ccccc1C(O)C(N)CO. The largest absolute Gasteiger partial charge is 0.496 e. The lowest BCUT2D eigenvalue weighted by Gasteiger charge is -2.18. The topological polar surface area (TPSA) is 75.7 Å². The van der Waals surface area contributed by atoms with Gasteiger partial charge in [-0.15, -0.1) is 0 Å². The zero-order valence-corrected chi connectivity index (χ0v) is 8.05. The molecule has 0 aliphatic heterocycles. The summed E-state index contributed by atoms with van der Waals surface area (Å²) in [6, 6.07) is 6.36. The number of hydrogen-bond donors (Lipinski definition) is 3. The Morgan fingerprint density at radius 2 is 2.07 bits per heavy atom. The summed E-state index contributed by atoms with van der Waals surface area (Å²) in [6.07, 6.45) is -0.906. The molecular formula is C10H15NO3. The molecule has 0 aliphatic rings. The van der Waals surface area contributed by atoms with E-state index >= 15 is 0 Å². The minimum absolute atomic E-state index is 0.265. The summed E-state index contributed by atoms with van der Waals surface area (Å²) in [5, 5.41) is 18.5. The number of aliphatic hydroxyl groups excluding tert-OH is 2. The van der Waals surface area contributed by atoms with Crippen LogP contribution in [0.3, 0.4) is 0 Å². The zero-order valence-electron chi connectivity index (χ0n) is 8.05. The van der Waals surface area contributed by atoms with Gasteiger partial charge < -0.3 is 20.7 Å². The van der Waals surface area contributed by atoms with Crippen molar-refractivity contribution in [3.63, 3.8) is 0 Å². The Kier molecular flexibility index (Phi) is 3.88. The van der Waals surface area contributed by atoms with E-state index in [1.54, 1.807) is 24.3 Å². The van der Waals surface area contributed by atoms with Gasteiger partial charge in [-0.1, -0.05) is 18.2 Å². The summed E-state index contributed by atoms with van der Waals surface area (Å²) in [4.78, 5) is 0. The number of rotatable bonds is 4. The number of ether oxygens (including phenoxy) is 1. The second kappa shape index (κ2) is 4.95. The van der Waals surface area contributed by atoms with Gasteiger partial charge in [-0.2, -0.15) is 0 Å². The number of para-hydroxylation sites is 1. The van der Waals surface area contributed by atoms with Gasteiger partial charge in [-0.25, -0.2) is 0 Å². The smallest absolute Gasteiger partial charge is 0.124 e. The van der Waals surface area contributed by atoms with E-state index in [9.17, 15) is 5.11 Å². The fraction of sp³-hybridized carbons (Fsp3) is 0.400. The van der Waals surface area contributed by atoms with E-state index in [1.807, 2.05) is 0 Å². The minimum Gasteiger partial charge on any atom is -0.496 e. The lowest BCUT2D eigenvalue weighted by Crippen LogP contribution is -2.32. The normalized spacial score (nSPS) is 14.9. The average Bonchev–Trinajstić information content (AvgIpc) is 2.26. The van der Waals surface area contributed by atoms with Gasteiger partial charge in [-0.3, -0.25) is 0 Å². The highest BCUT2D eigenvalue weighted by Gasteiger charge is 2.19. The third kappa shape index (κ3) is 2.23. The molecule has 0 fully saturated rings. The van der Waals surface area contributed by atoms with E-state index in [2.05, 4.69) is 0 Å². The third-order valence-corrected chi connectivity index (χ3v) is 2.07. The van der Waals surface area contributed by atoms with Crippen molar-refractivity contribution in [3.8, 4) is 5.75 Å². The van der Waals surface area contributed by atoms with Crippen LogP contribution >= 0.6 is 0 Å². The molecule has 1 aromatic carbocycles. The first-order chi connectivity index (χ1) is 6.70. The average molecular weight is 197 g/mol. The second-order valence-electron chi connectivity index (χ2n) is 3.03. The van der Waals surface area contributed by atoms with Gasteiger partial charge in [0.25, 0.3) is 0 Å². The molecule has 0 amide bonds. The number of nitrogens with two attached hydrogens (primary N) is 1. The van der Waals surface area contributed by atoms with Crippen molar-refractivity contribution in [1.29, 1.82) is 0 Å². The molecule has 0 aliphatic carbocycles. The van der Waals surface area contributed by atoms with Crippen molar-refractivity contribution in [2.45, 2.75) is 12.1 Å². The van der Waals surface area contributed by atoms with Gasteiger partial charge in [0.05, 0.1) is 25.9 Å². The van der Waals surface area contributed by atoms with E-state index in [4.69, 9.17) is 15.6 Å². The maximum absolute atomic E-state index is 9.74. The maximum Gasteiger partial charge on any atom is 0.124 e. The van der Waals surface area contributed by atoms with Crippen molar-refractivity contribution in [2.75, 3.05) is 13.7 Å². The molecule has 4 N–H and O–H groups in total. The Labute approximate surface area is 82.9 Å². The summed E-state index contributed by atoms with van der Waals surface area (Å²) in [7, 11) is 1.52. The molecule has 0 aromatic heterocycles. The molecular weight excluding hydrogens is 182 g/mol. The highest BCUT2D eigenvalue weighted by Crippen LogP contribution is 2.25. The zero-order chi connectivity index (χ0) is 10.6. The van der Waals surface area contributed by atoms with Crippen LogP contribution in [-0.4, -0.2) is 30.0 Å². The molecule has 0 saturated carbocycles. The summed E-state index contributed by atoms with van der Waals surface area (Å²) >= 11 is 0. The molecule has 0 bridgehead atoms. The van der Waals surface area contributed by atoms with Crippen LogP contribution in [0.1, 0.15) is 11.7 Å². The lowest BCUT2D eigenvalue weighted by atomic mass is 10.0. The standard InChI is InChI=1S/C10H15NO3/c1-14-9-5-3-2-4-7(9)10(13)8(11)6-12/h2-5,8,10,12-13H,6,11H2,1H3. The predicted molar refractivity (Wildman–Crippen MR) is 53.0 cm³/mol. The fourth-order valence-electron chi connectivity index (χ4n) is 1.24. The monoisotopic (exact) mass is 197 g/mol. The van der Waals surface area contributed by atoms with Crippen LogP contribution in [0.15, 0.2) is 24.3 Å². The van der Waals surface area contributed by atoms with Gasteiger partial charge in [-0.05, 0) is 6.07 Å². The Balaban J connectivity index is 2.93. The Bertz CT molecular complexity index is 290. The van der Waals surface area contributed by atoms with Crippen LogP contribution in [0.25, 0.3) is 0 Å². The fourth-order valence-corrected chi connectivity index (χ4v) is 1.24. The van der Waals surface area contributed by atoms with E-state index in [0.29, 0.717) is 11.3 Å². The van der Waals surface area contributed by atoms with Crippen molar-refractivity contribution in [1.82, 2.24) is 0 Å². The van der Waals surface area contributed by atoms with Crippen molar-refractivity contribution in [2.24, 2.45) is 5.73 Å². The lowest BCUT2D eigenvalue weighted by molar-refractivity contribution is 0.107. The van der Waals surface area contributed by atoms with Gasteiger partial charge in [0.15, 0.2) is 0 Å². The van der Waals surface area contributed by atoms with Crippen LogP contribution in [0.2, 0.25) is 0 Å². The Morgan fingerprint density at radius 1 is 1.43 bits per heavy atom. The molecule has 4 heteroatoms. The van der Waals surface area contributed by atoms with Crippen LogP contribution in [-0.2, 0) is 0 Å². The molecule has 4 nitrogen and oxygen atoms in total.